The molecule has 0 bridgehead atoms. The quantitative estimate of drug-likeness (QED) is 0.685. The van der Waals surface area contributed by atoms with Crippen LogP contribution in [-0.4, -0.2) is 29.1 Å². The Hall–Kier alpha value is -1.14. The first-order valence-electron chi connectivity index (χ1n) is 5.21. The molecular weight excluding hydrogens is 226 g/mol. The molecular formula is C10H15N3O2S. The second kappa shape index (κ2) is 4.39. The van der Waals surface area contributed by atoms with E-state index in [4.69, 9.17) is 10.8 Å². The molecule has 16 heavy (non-hydrogen) atoms. The smallest absolute Gasteiger partial charge is 0.226 e. The van der Waals surface area contributed by atoms with Gasteiger partial charge in [-0.15, -0.1) is 11.3 Å². The third-order valence-electron chi connectivity index (χ3n) is 2.86. The second-order valence-electron chi connectivity index (χ2n) is 4.29. The molecule has 1 aliphatic rings. The van der Waals surface area contributed by atoms with Crippen LogP contribution in [0.4, 0.5) is 5.13 Å². The molecule has 0 spiro atoms. The van der Waals surface area contributed by atoms with Crippen LogP contribution in [0, 0.1) is 5.41 Å². The van der Waals surface area contributed by atoms with Gasteiger partial charge < -0.3 is 16.2 Å². The van der Waals surface area contributed by atoms with Crippen molar-refractivity contribution >= 4 is 22.4 Å². The van der Waals surface area contributed by atoms with E-state index in [9.17, 15) is 4.79 Å². The molecule has 5 nitrogen and oxygen atoms in total. The summed E-state index contributed by atoms with van der Waals surface area (Å²) >= 11 is 1.33. The van der Waals surface area contributed by atoms with Crippen LogP contribution in [0.2, 0.25) is 0 Å². The number of hydrogen-bond acceptors (Lipinski definition) is 5. The maximum absolute atomic E-state index is 11.5. The fraction of sp³-hybridized carbons (Fsp3) is 0.600. The molecule has 0 radical (unpaired) electrons. The van der Waals surface area contributed by atoms with E-state index in [0.29, 0.717) is 17.4 Å². The summed E-state index contributed by atoms with van der Waals surface area (Å²) in [6, 6.07) is 0. The SMILES string of the molecule is Nc1nc(CC(=O)NCC2(CO)CC2)cs1. The predicted molar refractivity (Wildman–Crippen MR) is 62.0 cm³/mol. The van der Waals surface area contributed by atoms with E-state index in [-0.39, 0.29) is 24.3 Å². The van der Waals surface area contributed by atoms with Crippen LogP contribution in [0.25, 0.3) is 0 Å². The van der Waals surface area contributed by atoms with Gasteiger partial charge in [-0.2, -0.15) is 0 Å². The van der Waals surface area contributed by atoms with Gasteiger partial charge in [-0.1, -0.05) is 0 Å². The van der Waals surface area contributed by atoms with E-state index in [1.165, 1.54) is 11.3 Å². The highest BCUT2D eigenvalue weighted by atomic mass is 32.1. The molecule has 1 aliphatic carbocycles. The Kier molecular flexibility index (Phi) is 3.11. The largest absolute Gasteiger partial charge is 0.396 e. The summed E-state index contributed by atoms with van der Waals surface area (Å²) in [7, 11) is 0. The van der Waals surface area contributed by atoms with Crippen LogP contribution in [0.1, 0.15) is 18.5 Å². The lowest BCUT2D eigenvalue weighted by atomic mass is 10.1. The fourth-order valence-electron chi connectivity index (χ4n) is 1.48. The van der Waals surface area contributed by atoms with Gasteiger partial charge in [-0.3, -0.25) is 4.79 Å². The number of aliphatic hydroxyl groups excluding tert-OH is 1. The molecule has 0 aromatic carbocycles. The number of nitrogens with zero attached hydrogens (tertiary/aromatic N) is 1. The van der Waals surface area contributed by atoms with Crippen LogP contribution in [0.5, 0.6) is 0 Å². The van der Waals surface area contributed by atoms with Crippen molar-refractivity contribution in [3.63, 3.8) is 0 Å². The van der Waals surface area contributed by atoms with E-state index >= 15 is 0 Å². The van der Waals surface area contributed by atoms with Gasteiger partial charge in [0.15, 0.2) is 5.13 Å². The Labute approximate surface area is 97.7 Å². The van der Waals surface area contributed by atoms with Gasteiger partial charge in [0, 0.05) is 17.3 Å². The summed E-state index contributed by atoms with van der Waals surface area (Å²) in [5.41, 5.74) is 6.13. The summed E-state index contributed by atoms with van der Waals surface area (Å²) in [6.07, 6.45) is 2.25. The number of amides is 1. The molecule has 1 aromatic heterocycles. The number of rotatable bonds is 5. The summed E-state index contributed by atoms with van der Waals surface area (Å²) < 4.78 is 0. The molecule has 1 fully saturated rings. The number of aliphatic hydroxyl groups is 1. The minimum Gasteiger partial charge on any atom is -0.396 e. The summed E-state index contributed by atoms with van der Waals surface area (Å²) in [5, 5.41) is 14.2. The number of nitrogens with one attached hydrogen (secondary N) is 1. The van der Waals surface area contributed by atoms with Gasteiger partial charge in [-0.05, 0) is 12.8 Å². The highest BCUT2D eigenvalue weighted by Crippen LogP contribution is 2.44. The van der Waals surface area contributed by atoms with E-state index in [1.54, 1.807) is 5.38 Å². The molecule has 6 heteroatoms. The van der Waals surface area contributed by atoms with Gasteiger partial charge in [0.25, 0.3) is 0 Å². The average Bonchev–Trinajstić information content (AvgIpc) is 2.95. The number of hydrogen-bond donors (Lipinski definition) is 3. The molecule has 1 heterocycles. The zero-order valence-corrected chi connectivity index (χ0v) is 9.72. The number of anilines is 1. The molecule has 0 atom stereocenters. The van der Waals surface area contributed by atoms with Gasteiger partial charge in [0.1, 0.15) is 0 Å². The normalized spacial score (nSPS) is 17.1. The van der Waals surface area contributed by atoms with Gasteiger partial charge in [0.05, 0.1) is 18.7 Å². The lowest BCUT2D eigenvalue weighted by Gasteiger charge is -2.11. The van der Waals surface area contributed by atoms with E-state index in [2.05, 4.69) is 10.3 Å². The zero-order valence-electron chi connectivity index (χ0n) is 8.90. The maximum atomic E-state index is 11.5. The number of carbonyl (C=O) groups excluding carboxylic acids is 1. The van der Waals surface area contributed by atoms with Crippen LogP contribution in [0.15, 0.2) is 5.38 Å². The standard InChI is InChI=1S/C10H15N3O2S/c11-9-13-7(4-16-9)3-8(15)12-5-10(6-14)1-2-10/h4,14H,1-3,5-6H2,(H2,11,13)(H,12,15). The Morgan fingerprint density at radius 3 is 2.94 bits per heavy atom. The Balaban J connectivity index is 1.76. The Bertz CT molecular complexity index is 387. The number of carbonyl (C=O) groups is 1. The highest BCUT2D eigenvalue weighted by molar-refractivity contribution is 7.13. The summed E-state index contributed by atoms with van der Waals surface area (Å²) in [4.78, 5) is 15.6. The lowest BCUT2D eigenvalue weighted by molar-refractivity contribution is -0.120. The molecule has 0 saturated heterocycles. The molecule has 1 amide bonds. The van der Waals surface area contributed by atoms with E-state index in [0.717, 1.165) is 12.8 Å². The highest BCUT2D eigenvalue weighted by Gasteiger charge is 2.41. The molecule has 0 aliphatic heterocycles. The monoisotopic (exact) mass is 241 g/mol. The van der Waals surface area contributed by atoms with Gasteiger partial charge >= 0.3 is 0 Å². The number of nitrogens with two attached hydrogens (primary N) is 1. The van der Waals surface area contributed by atoms with Crippen LogP contribution in [0.3, 0.4) is 0 Å². The third-order valence-corrected chi connectivity index (χ3v) is 3.59. The predicted octanol–water partition coefficient (Wildman–Crippen LogP) is 0.156. The van der Waals surface area contributed by atoms with Crippen molar-refractivity contribution in [3.05, 3.63) is 11.1 Å². The van der Waals surface area contributed by atoms with E-state index < -0.39 is 0 Å². The molecule has 2 rings (SSSR count). The molecule has 88 valence electrons. The number of thiazole rings is 1. The number of aromatic nitrogens is 1. The van der Waals surface area contributed by atoms with E-state index in [1.807, 2.05) is 0 Å². The van der Waals surface area contributed by atoms with Crippen molar-refractivity contribution in [3.8, 4) is 0 Å². The molecule has 4 N–H and O–H groups in total. The topological polar surface area (TPSA) is 88.2 Å². The van der Waals surface area contributed by atoms with Crippen LogP contribution < -0.4 is 11.1 Å². The van der Waals surface area contributed by atoms with Crippen molar-refractivity contribution < 1.29 is 9.90 Å². The maximum Gasteiger partial charge on any atom is 0.226 e. The first kappa shape index (κ1) is 11.3. The number of nitrogen functional groups attached to an aromatic ring is 1. The fourth-order valence-corrected chi connectivity index (χ4v) is 2.05. The summed E-state index contributed by atoms with van der Waals surface area (Å²) in [5.74, 6) is -0.0648. The second-order valence-corrected chi connectivity index (χ2v) is 5.18. The van der Waals surface area contributed by atoms with Crippen molar-refractivity contribution in [2.75, 3.05) is 18.9 Å². The van der Waals surface area contributed by atoms with Gasteiger partial charge in [0.2, 0.25) is 5.91 Å². The van der Waals surface area contributed by atoms with Crippen molar-refractivity contribution in [1.29, 1.82) is 0 Å². The van der Waals surface area contributed by atoms with Crippen molar-refractivity contribution in [2.24, 2.45) is 5.41 Å². The minimum atomic E-state index is -0.0648. The minimum absolute atomic E-state index is 0.0449. The van der Waals surface area contributed by atoms with Crippen molar-refractivity contribution in [2.45, 2.75) is 19.3 Å². The van der Waals surface area contributed by atoms with Crippen LogP contribution in [-0.2, 0) is 11.2 Å². The average molecular weight is 241 g/mol. The molecule has 0 unspecified atom stereocenters. The summed E-state index contributed by atoms with van der Waals surface area (Å²) in [6.45, 7) is 0.707. The Morgan fingerprint density at radius 1 is 1.69 bits per heavy atom. The third kappa shape index (κ3) is 2.70. The lowest BCUT2D eigenvalue weighted by Crippen LogP contribution is -2.32. The zero-order chi connectivity index (χ0) is 11.6. The Morgan fingerprint density at radius 2 is 2.44 bits per heavy atom. The first-order valence-corrected chi connectivity index (χ1v) is 6.09. The first-order chi connectivity index (χ1) is 7.63. The molecule has 1 saturated carbocycles. The van der Waals surface area contributed by atoms with Crippen LogP contribution >= 0.6 is 11.3 Å². The van der Waals surface area contributed by atoms with Gasteiger partial charge in [-0.25, -0.2) is 4.98 Å². The van der Waals surface area contributed by atoms with Crippen molar-refractivity contribution in [1.82, 2.24) is 10.3 Å². The molecule has 1 aromatic rings.